The van der Waals surface area contributed by atoms with Crippen molar-refractivity contribution in [1.29, 1.82) is 0 Å². The molecular weight excluding hydrogens is 515 g/mol. The summed E-state index contributed by atoms with van der Waals surface area (Å²) in [5.74, 6) is 0.238. The number of hydrogen-bond donors (Lipinski definition) is 3. The van der Waals surface area contributed by atoms with E-state index in [1.165, 1.54) is 25.3 Å². The molecule has 2 aromatic carbocycles. The number of carbonyl (C=O) groups is 1. The van der Waals surface area contributed by atoms with Gasteiger partial charge in [0.15, 0.2) is 0 Å². The predicted molar refractivity (Wildman–Crippen MR) is 160 cm³/mol. The van der Waals surface area contributed by atoms with Crippen LogP contribution in [0, 0.1) is 11.7 Å². The Balaban J connectivity index is 1.19. The first kappa shape index (κ1) is 25.1. The molecule has 1 aliphatic rings. The molecule has 41 heavy (non-hydrogen) atoms. The molecule has 1 amide bonds. The average Bonchev–Trinajstić information content (AvgIpc) is 3.61. The minimum Gasteiger partial charge on any atom is -0.353 e. The molecule has 204 valence electrons. The maximum atomic E-state index is 14.0. The van der Waals surface area contributed by atoms with Gasteiger partial charge in [-0.1, -0.05) is 43.5 Å². The summed E-state index contributed by atoms with van der Waals surface area (Å²) in [6, 6.07) is 18.5. The zero-order valence-electron chi connectivity index (χ0n) is 22.5. The fourth-order valence-corrected chi connectivity index (χ4v) is 5.98. The summed E-state index contributed by atoms with van der Waals surface area (Å²) in [5, 5.41) is 12.6. The quantitative estimate of drug-likeness (QED) is 0.199. The van der Waals surface area contributed by atoms with E-state index in [1.54, 1.807) is 30.7 Å². The largest absolute Gasteiger partial charge is 0.353 e. The molecular formula is C33H29FN6O. The van der Waals surface area contributed by atoms with E-state index in [4.69, 9.17) is 0 Å². The van der Waals surface area contributed by atoms with Crippen LogP contribution in [-0.4, -0.2) is 31.1 Å². The zero-order valence-corrected chi connectivity index (χ0v) is 22.5. The van der Waals surface area contributed by atoms with Crippen LogP contribution < -0.4 is 5.32 Å². The van der Waals surface area contributed by atoms with Gasteiger partial charge in [-0.25, -0.2) is 4.39 Å². The number of fused-ring (bicyclic) bond motifs is 2. The number of anilines is 1. The van der Waals surface area contributed by atoms with Gasteiger partial charge in [0.05, 0.1) is 35.0 Å². The molecule has 3 N–H and O–H groups in total. The standard InChI is InChI=1S/C33H29FN6O/c34-23-9-4-8-21(13-23)25-10-5-11-28-26(25)15-30(38-28)33-27-16-29(36-19-31(27)39-40-33)22-14-24(18-35-17-22)37-32(41)12-20-6-2-1-3-7-20/h4-5,8-11,13-20,38H,1-3,6-7,12H2,(H,37,41)(H,39,40). The zero-order chi connectivity index (χ0) is 27.8. The molecule has 7 rings (SSSR count). The molecule has 0 saturated heterocycles. The van der Waals surface area contributed by atoms with Gasteiger partial charge in [0.25, 0.3) is 0 Å². The van der Waals surface area contributed by atoms with Crippen LogP contribution in [0.15, 0.2) is 79.3 Å². The van der Waals surface area contributed by atoms with Crippen molar-refractivity contribution in [3.05, 3.63) is 85.1 Å². The Morgan fingerprint density at radius 1 is 0.902 bits per heavy atom. The number of amides is 1. The Morgan fingerprint density at radius 2 is 1.78 bits per heavy atom. The Hall–Kier alpha value is -4.85. The van der Waals surface area contributed by atoms with Crippen molar-refractivity contribution in [2.24, 2.45) is 5.92 Å². The third-order valence-electron chi connectivity index (χ3n) is 8.02. The van der Waals surface area contributed by atoms with E-state index >= 15 is 0 Å². The topological polar surface area (TPSA) is 99.4 Å². The Labute approximate surface area is 236 Å². The third kappa shape index (κ3) is 5.09. The normalized spacial score (nSPS) is 14.1. The third-order valence-corrected chi connectivity index (χ3v) is 8.02. The number of pyridine rings is 2. The molecule has 4 aromatic heterocycles. The molecule has 7 nitrogen and oxygen atoms in total. The lowest BCUT2D eigenvalue weighted by atomic mass is 9.87. The van der Waals surface area contributed by atoms with Crippen LogP contribution in [0.5, 0.6) is 0 Å². The number of halogens is 1. The Kier molecular flexibility index (Phi) is 6.51. The van der Waals surface area contributed by atoms with E-state index < -0.39 is 0 Å². The number of rotatable bonds is 6. The minimum atomic E-state index is -0.268. The van der Waals surface area contributed by atoms with Crippen LogP contribution in [-0.2, 0) is 4.79 Å². The van der Waals surface area contributed by atoms with E-state index in [9.17, 15) is 9.18 Å². The summed E-state index contributed by atoms with van der Waals surface area (Å²) in [7, 11) is 0. The van der Waals surface area contributed by atoms with Gasteiger partial charge in [0.1, 0.15) is 11.5 Å². The predicted octanol–water partition coefficient (Wildman–Crippen LogP) is 7.88. The van der Waals surface area contributed by atoms with Gasteiger partial charge in [-0.3, -0.25) is 19.9 Å². The number of aromatic amines is 2. The first-order valence-corrected chi connectivity index (χ1v) is 14.1. The van der Waals surface area contributed by atoms with Crippen molar-refractivity contribution in [2.75, 3.05) is 5.32 Å². The van der Waals surface area contributed by atoms with Crippen molar-refractivity contribution in [1.82, 2.24) is 25.1 Å². The van der Waals surface area contributed by atoms with Crippen LogP contribution in [0.25, 0.3) is 55.6 Å². The van der Waals surface area contributed by atoms with Crippen LogP contribution >= 0.6 is 0 Å². The lowest BCUT2D eigenvalue weighted by Gasteiger charge is -2.20. The van der Waals surface area contributed by atoms with Gasteiger partial charge < -0.3 is 10.3 Å². The minimum absolute atomic E-state index is 0.0350. The van der Waals surface area contributed by atoms with Crippen molar-refractivity contribution in [2.45, 2.75) is 38.5 Å². The van der Waals surface area contributed by atoms with E-state index in [1.807, 2.05) is 36.4 Å². The molecule has 4 heterocycles. The first-order valence-electron chi connectivity index (χ1n) is 14.1. The number of H-pyrrole nitrogens is 2. The molecule has 0 spiro atoms. The molecule has 0 atom stereocenters. The summed E-state index contributed by atoms with van der Waals surface area (Å²) >= 11 is 0. The van der Waals surface area contributed by atoms with E-state index in [0.717, 1.165) is 68.4 Å². The summed E-state index contributed by atoms with van der Waals surface area (Å²) in [6.45, 7) is 0. The SMILES string of the molecule is O=C(CC1CCCCC1)Nc1cncc(-c2cc3c(-c4cc5c(-c6cccc(F)c6)cccc5[nH]4)n[nH]c3cn2)c1. The van der Waals surface area contributed by atoms with Gasteiger partial charge in [0.2, 0.25) is 5.91 Å². The Morgan fingerprint density at radius 3 is 2.66 bits per heavy atom. The first-order chi connectivity index (χ1) is 20.1. The van der Waals surface area contributed by atoms with Crippen molar-refractivity contribution in [3.8, 4) is 33.8 Å². The van der Waals surface area contributed by atoms with Gasteiger partial charge in [-0.2, -0.15) is 5.10 Å². The second-order valence-electron chi connectivity index (χ2n) is 10.9. The Bertz CT molecular complexity index is 1880. The lowest BCUT2D eigenvalue weighted by molar-refractivity contribution is -0.117. The number of carbonyl (C=O) groups excluding carboxylic acids is 1. The van der Waals surface area contributed by atoms with E-state index in [0.29, 0.717) is 18.0 Å². The van der Waals surface area contributed by atoms with Crippen LogP contribution in [0.2, 0.25) is 0 Å². The number of nitrogens with zero attached hydrogens (tertiary/aromatic N) is 3. The molecule has 1 saturated carbocycles. The highest BCUT2D eigenvalue weighted by atomic mass is 19.1. The highest BCUT2D eigenvalue weighted by Gasteiger charge is 2.18. The molecule has 0 bridgehead atoms. The number of benzene rings is 2. The smallest absolute Gasteiger partial charge is 0.224 e. The monoisotopic (exact) mass is 544 g/mol. The van der Waals surface area contributed by atoms with E-state index in [2.05, 4.69) is 36.5 Å². The van der Waals surface area contributed by atoms with Crippen molar-refractivity contribution in [3.63, 3.8) is 0 Å². The van der Waals surface area contributed by atoms with Crippen LogP contribution in [0.3, 0.4) is 0 Å². The summed E-state index contributed by atoms with van der Waals surface area (Å²) in [4.78, 5) is 25.2. The molecule has 0 aliphatic heterocycles. The van der Waals surface area contributed by atoms with Crippen molar-refractivity contribution < 1.29 is 9.18 Å². The maximum absolute atomic E-state index is 14.0. The van der Waals surface area contributed by atoms with Gasteiger partial charge in [-0.15, -0.1) is 0 Å². The fourth-order valence-electron chi connectivity index (χ4n) is 5.98. The van der Waals surface area contributed by atoms with E-state index in [-0.39, 0.29) is 11.7 Å². The lowest BCUT2D eigenvalue weighted by Crippen LogP contribution is -2.18. The summed E-state index contributed by atoms with van der Waals surface area (Å²) < 4.78 is 14.0. The number of hydrogen-bond acceptors (Lipinski definition) is 4. The molecule has 1 aliphatic carbocycles. The summed E-state index contributed by atoms with van der Waals surface area (Å²) in [6.07, 6.45) is 11.7. The molecule has 8 heteroatoms. The second kappa shape index (κ2) is 10.6. The van der Waals surface area contributed by atoms with Gasteiger partial charge >= 0.3 is 0 Å². The van der Waals surface area contributed by atoms with Crippen LogP contribution in [0.1, 0.15) is 38.5 Å². The highest BCUT2D eigenvalue weighted by molar-refractivity contribution is 6.01. The fraction of sp³-hybridized carbons (Fsp3) is 0.212. The highest BCUT2D eigenvalue weighted by Crippen LogP contribution is 2.35. The molecule has 0 unspecified atom stereocenters. The number of nitrogens with one attached hydrogen (secondary N) is 3. The van der Waals surface area contributed by atoms with Crippen molar-refractivity contribution >= 4 is 33.4 Å². The summed E-state index contributed by atoms with van der Waals surface area (Å²) in [5.41, 5.74) is 7.30. The average molecular weight is 545 g/mol. The van der Waals surface area contributed by atoms with Gasteiger partial charge in [-0.05, 0) is 66.3 Å². The molecule has 0 radical (unpaired) electrons. The molecule has 1 fully saturated rings. The van der Waals surface area contributed by atoms with Gasteiger partial charge in [0, 0.05) is 34.5 Å². The second-order valence-corrected chi connectivity index (χ2v) is 10.9. The molecule has 6 aromatic rings. The van der Waals surface area contributed by atoms with Crippen LogP contribution in [0.4, 0.5) is 10.1 Å². The maximum Gasteiger partial charge on any atom is 0.224 e. The number of aromatic nitrogens is 5.